The molecule has 1 N–H and O–H groups in total. The van der Waals surface area contributed by atoms with Crippen LogP contribution in [0.25, 0.3) is 0 Å². The van der Waals surface area contributed by atoms with Gasteiger partial charge in [-0.3, -0.25) is 4.79 Å². The van der Waals surface area contributed by atoms with Crippen molar-refractivity contribution in [1.29, 1.82) is 0 Å². The minimum atomic E-state index is 0.148. The highest BCUT2D eigenvalue weighted by atomic mass is 32.1. The molecule has 3 nitrogen and oxygen atoms in total. The predicted molar refractivity (Wildman–Crippen MR) is 56.7 cm³/mol. The number of aromatic nitrogens is 1. The summed E-state index contributed by atoms with van der Waals surface area (Å²) in [7, 11) is 0. The lowest BCUT2D eigenvalue weighted by Crippen LogP contribution is -2.20. The van der Waals surface area contributed by atoms with Crippen LogP contribution in [0.4, 0.5) is 0 Å². The molecule has 1 aliphatic rings. The van der Waals surface area contributed by atoms with E-state index < -0.39 is 0 Å². The highest BCUT2D eigenvalue weighted by Crippen LogP contribution is 2.23. The van der Waals surface area contributed by atoms with Crippen LogP contribution in [0.2, 0.25) is 0 Å². The molecule has 1 fully saturated rings. The Morgan fingerprint density at radius 2 is 2.43 bits per heavy atom. The number of rotatable bonds is 2. The van der Waals surface area contributed by atoms with Gasteiger partial charge in [0.1, 0.15) is 0 Å². The maximum atomic E-state index is 12.0. The molecule has 0 aliphatic carbocycles. The Hall–Kier alpha value is -0.740. The van der Waals surface area contributed by atoms with E-state index in [0.29, 0.717) is 5.92 Å². The van der Waals surface area contributed by atoms with Gasteiger partial charge in [-0.25, -0.2) is 0 Å². The zero-order valence-electron chi connectivity index (χ0n) is 8.41. The van der Waals surface area contributed by atoms with Gasteiger partial charge in [0.05, 0.1) is 10.6 Å². The molecule has 0 saturated carbocycles. The van der Waals surface area contributed by atoms with Crippen molar-refractivity contribution >= 4 is 17.3 Å². The average molecular weight is 210 g/mol. The molecule has 1 aromatic heterocycles. The van der Waals surface area contributed by atoms with Gasteiger partial charge in [0.15, 0.2) is 5.78 Å². The molecule has 14 heavy (non-hydrogen) atoms. The van der Waals surface area contributed by atoms with Crippen molar-refractivity contribution in [1.82, 2.24) is 9.69 Å². The van der Waals surface area contributed by atoms with Gasteiger partial charge in [0.25, 0.3) is 0 Å². The van der Waals surface area contributed by atoms with Crippen molar-refractivity contribution in [2.75, 3.05) is 13.1 Å². The normalized spacial score (nSPS) is 26.7. The van der Waals surface area contributed by atoms with Crippen LogP contribution in [0.5, 0.6) is 0 Å². The van der Waals surface area contributed by atoms with Crippen LogP contribution in [0, 0.1) is 18.8 Å². The third kappa shape index (κ3) is 1.72. The summed E-state index contributed by atoms with van der Waals surface area (Å²) in [5.41, 5.74) is 0.942. The van der Waals surface area contributed by atoms with Gasteiger partial charge >= 0.3 is 0 Å². The lowest BCUT2D eigenvalue weighted by atomic mass is 9.93. The number of aryl methyl sites for hydroxylation is 1. The first-order valence-corrected chi connectivity index (χ1v) is 5.64. The molecule has 0 radical (unpaired) electrons. The maximum Gasteiger partial charge on any atom is 0.179 e. The van der Waals surface area contributed by atoms with Crippen molar-refractivity contribution in [2.45, 2.75) is 13.8 Å². The van der Waals surface area contributed by atoms with Crippen LogP contribution in [0.3, 0.4) is 0 Å². The second-order valence-electron chi connectivity index (χ2n) is 3.94. The fourth-order valence-electron chi connectivity index (χ4n) is 1.82. The highest BCUT2D eigenvalue weighted by Gasteiger charge is 2.30. The fraction of sp³-hybridized carbons (Fsp3) is 0.600. The van der Waals surface area contributed by atoms with Crippen LogP contribution in [0.15, 0.2) is 6.07 Å². The number of ketones is 1. The van der Waals surface area contributed by atoms with Gasteiger partial charge in [0, 0.05) is 12.5 Å². The third-order valence-electron chi connectivity index (χ3n) is 2.73. The zero-order chi connectivity index (χ0) is 10.1. The first-order chi connectivity index (χ1) is 6.68. The standard InChI is InChI=1S/C10H14N2OS/c1-6-4-11-5-8(6)10(13)9-3-7(2)12-14-9/h3,6,8,11H,4-5H2,1-2H3. The lowest BCUT2D eigenvalue weighted by Gasteiger charge is -2.10. The number of hydrogen-bond acceptors (Lipinski definition) is 4. The first-order valence-electron chi connectivity index (χ1n) is 4.86. The van der Waals surface area contributed by atoms with E-state index in [0.717, 1.165) is 23.7 Å². The summed E-state index contributed by atoms with van der Waals surface area (Å²) < 4.78 is 4.13. The fourth-order valence-corrected chi connectivity index (χ4v) is 2.58. The van der Waals surface area contributed by atoms with E-state index in [2.05, 4.69) is 16.6 Å². The predicted octanol–water partition coefficient (Wildman–Crippen LogP) is 1.49. The Morgan fingerprint density at radius 1 is 1.64 bits per heavy atom. The Morgan fingerprint density at radius 3 is 2.93 bits per heavy atom. The molecule has 0 bridgehead atoms. The van der Waals surface area contributed by atoms with Gasteiger partial charge in [-0.2, -0.15) is 4.37 Å². The Kier molecular flexibility index (Phi) is 2.65. The van der Waals surface area contributed by atoms with E-state index in [1.807, 2.05) is 13.0 Å². The monoisotopic (exact) mass is 210 g/mol. The molecule has 1 saturated heterocycles. The van der Waals surface area contributed by atoms with Crippen molar-refractivity contribution in [2.24, 2.45) is 11.8 Å². The van der Waals surface area contributed by atoms with Crippen LogP contribution in [-0.4, -0.2) is 23.2 Å². The minimum Gasteiger partial charge on any atom is -0.316 e. The van der Waals surface area contributed by atoms with Gasteiger partial charge in [-0.05, 0) is 37.0 Å². The number of hydrogen-bond donors (Lipinski definition) is 1. The van der Waals surface area contributed by atoms with Gasteiger partial charge in [-0.15, -0.1) is 0 Å². The van der Waals surface area contributed by atoms with E-state index in [1.165, 1.54) is 11.5 Å². The van der Waals surface area contributed by atoms with Crippen molar-refractivity contribution in [3.05, 3.63) is 16.6 Å². The molecule has 0 aromatic carbocycles. The van der Waals surface area contributed by atoms with Gasteiger partial charge < -0.3 is 5.32 Å². The molecular formula is C10H14N2OS. The lowest BCUT2D eigenvalue weighted by molar-refractivity contribution is 0.0912. The molecule has 2 atom stereocenters. The minimum absolute atomic E-state index is 0.148. The molecule has 1 aromatic rings. The molecule has 76 valence electrons. The van der Waals surface area contributed by atoms with E-state index in [-0.39, 0.29) is 11.7 Å². The van der Waals surface area contributed by atoms with E-state index >= 15 is 0 Å². The highest BCUT2D eigenvalue weighted by molar-refractivity contribution is 7.08. The summed E-state index contributed by atoms with van der Waals surface area (Å²) >= 11 is 1.32. The molecule has 0 spiro atoms. The van der Waals surface area contributed by atoms with Crippen molar-refractivity contribution in [3.8, 4) is 0 Å². The molecule has 4 heteroatoms. The summed E-state index contributed by atoms with van der Waals surface area (Å²) in [4.78, 5) is 12.8. The second-order valence-corrected chi connectivity index (χ2v) is 4.74. The quantitative estimate of drug-likeness (QED) is 0.752. The van der Waals surface area contributed by atoms with Crippen LogP contribution < -0.4 is 5.32 Å². The number of nitrogens with one attached hydrogen (secondary N) is 1. The second kappa shape index (κ2) is 3.79. The summed E-state index contributed by atoms with van der Waals surface area (Å²) in [6.45, 7) is 5.81. The van der Waals surface area contributed by atoms with E-state index in [1.54, 1.807) is 0 Å². The molecule has 2 unspecified atom stereocenters. The van der Waals surface area contributed by atoms with Crippen LogP contribution in [-0.2, 0) is 0 Å². The Bertz CT molecular complexity index is 348. The van der Waals surface area contributed by atoms with Crippen molar-refractivity contribution in [3.63, 3.8) is 0 Å². The van der Waals surface area contributed by atoms with Gasteiger partial charge in [0.2, 0.25) is 0 Å². The smallest absolute Gasteiger partial charge is 0.179 e. The first kappa shape index (κ1) is 9.80. The molecular weight excluding hydrogens is 196 g/mol. The summed E-state index contributed by atoms with van der Waals surface area (Å²) in [5.74, 6) is 0.854. The molecule has 2 heterocycles. The average Bonchev–Trinajstić information content (AvgIpc) is 2.73. The maximum absolute atomic E-state index is 12.0. The topological polar surface area (TPSA) is 42.0 Å². The number of carbonyl (C=O) groups is 1. The summed E-state index contributed by atoms with van der Waals surface area (Å²) in [5, 5.41) is 3.24. The molecule has 1 aliphatic heterocycles. The van der Waals surface area contributed by atoms with E-state index in [4.69, 9.17) is 0 Å². The molecule has 2 rings (SSSR count). The third-order valence-corrected chi connectivity index (χ3v) is 3.62. The largest absolute Gasteiger partial charge is 0.316 e. The van der Waals surface area contributed by atoms with Crippen molar-refractivity contribution < 1.29 is 4.79 Å². The Balaban J connectivity index is 2.15. The SMILES string of the molecule is Cc1cc(C(=O)C2CNCC2C)sn1. The number of Topliss-reactive ketones (excluding diaryl/α,β-unsaturated/α-hetero) is 1. The van der Waals surface area contributed by atoms with Crippen LogP contribution >= 0.6 is 11.5 Å². The zero-order valence-corrected chi connectivity index (χ0v) is 9.23. The molecule has 0 amide bonds. The summed E-state index contributed by atoms with van der Waals surface area (Å²) in [6.07, 6.45) is 0. The van der Waals surface area contributed by atoms with E-state index in [9.17, 15) is 4.79 Å². The van der Waals surface area contributed by atoms with Crippen LogP contribution in [0.1, 0.15) is 22.3 Å². The number of nitrogens with zero attached hydrogens (tertiary/aromatic N) is 1. The number of carbonyl (C=O) groups excluding carboxylic acids is 1. The summed E-state index contributed by atoms with van der Waals surface area (Å²) in [6, 6.07) is 1.89. The Labute approximate surface area is 87.7 Å². The van der Waals surface area contributed by atoms with Gasteiger partial charge in [-0.1, -0.05) is 6.92 Å².